The Hall–Kier alpha value is -2.85. The van der Waals surface area contributed by atoms with Crippen molar-refractivity contribution >= 4 is 21.6 Å². The fourth-order valence-electron chi connectivity index (χ4n) is 2.05. The molecule has 0 radical (unpaired) electrons. The maximum absolute atomic E-state index is 12.4. The molecule has 0 atom stereocenters. The molecule has 130 valence electrons. The molecule has 6 nitrogen and oxygen atoms in total. The molecule has 7 heteroatoms. The van der Waals surface area contributed by atoms with E-state index in [4.69, 9.17) is 5.26 Å². The van der Waals surface area contributed by atoms with Crippen molar-refractivity contribution in [3.05, 3.63) is 59.7 Å². The zero-order valence-electron chi connectivity index (χ0n) is 14.2. The van der Waals surface area contributed by atoms with Gasteiger partial charge in [0.15, 0.2) is 0 Å². The number of nitriles is 1. The predicted octanol–water partition coefficient (Wildman–Crippen LogP) is 2.89. The molecule has 2 aromatic carbocycles. The minimum Gasteiger partial charge on any atom is -0.347 e. The van der Waals surface area contributed by atoms with Crippen LogP contribution in [0.1, 0.15) is 36.7 Å². The van der Waals surface area contributed by atoms with Crippen molar-refractivity contribution in [3.8, 4) is 6.07 Å². The summed E-state index contributed by atoms with van der Waals surface area (Å²) in [6.07, 6.45) is 0. The Kier molecular flexibility index (Phi) is 5.14. The quantitative estimate of drug-likeness (QED) is 0.879. The fraction of sp³-hybridized carbons (Fsp3) is 0.222. The number of nitrogens with one attached hydrogen (secondary N) is 2. The highest BCUT2D eigenvalue weighted by Gasteiger charge is 2.17. The molecular weight excluding hydrogens is 338 g/mol. The third kappa shape index (κ3) is 5.06. The first-order valence-electron chi connectivity index (χ1n) is 7.56. The van der Waals surface area contributed by atoms with Crippen molar-refractivity contribution < 1.29 is 13.2 Å². The molecule has 0 fully saturated rings. The van der Waals surface area contributed by atoms with E-state index < -0.39 is 10.0 Å². The van der Waals surface area contributed by atoms with Crippen LogP contribution in [0.3, 0.4) is 0 Å². The van der Waals surface area contributed by atoms with Crippen LogP contribution in [0.5, 0.6) is 0 Å². The monoisotopic (exact) mass is 357 g/mol. The lowest BCUT2D eigenvalue weighted by Gasteiger charge is -2.20. The molecule has 0 aromatic heterocycles. The molecule has 0 bridgehead atoms. The smallest absolute Gasteiger partial charge is 0.261 e. The summed E-state index contributed by atoms with van der Waals surface area (Å²) in [6, 6.07) is 13.8. The Morgan fingerprint density at radius 3 is 2.28 bits per heavy atom. The van der Waals surface area contributed by atoms with E-state index >= 15 is 0 Å². The summed E-state index contributed by atoms with van der Waals surface area (Å²) in [6.45, 7) is 5.63. The van der Waals surface area contributed by atoms with Crippen molar-refractivity contribution in [2.75, 3.05) is 4.72 Å². The number of carbonyl (C=O) groups excluding carboxylic acids is 1. The number of rotatable bonds is 4. The van der Waals surface area contributed by atoms with Crippen LogP contribution in [0.2, 0.25) is 0 Å². The van der Waals surface area contributed by atoms with Gasteiger partial charge in [-0.25, -0.2) is 8.42 Å². The molecule has 0 saturated heterocycles. The summed E-state index contributed by atoms with van der Waals surface area (Å²) < 4.78 is 27.2. The lowest BCUT2D eigenvalue weighted by Crippen LogP contribution is -2.40. The van der Waals surface area contributed by atoms with Crippen molar-refractivity contribution in [3.63, 3.8) is 0 Å². The van der Waals surface area contributed by atoms with Gasteiger partial charge in [0.2, 0.25) is 0 Å². The summed E-state index contributed by atoms with van der Waals surface area (Å²) in [4.78, 5) is 12.1. The van der Waals surface area contributed by atoms with Crippen molar-refractivity contribution in [1.82, 2.24) is 5.32 Å². The van der Waals surface area contributed by atoms with Gasteiger partial charge in [-0.05, 0) is 63.2 Å². The van der Waals surface area contributed by atoms with Gasteiger partial charge in [0.25, 0.3) is 15.9 Å². The first-order chi connectivity index (χ1) is 11.6. The van der Waals surface area contributed by atoms with Gasteiger partial charge in [0, 0.05) is 16.8 Å². The number of nitrogens with zero attached hydrogens (tertiary/aromatic N) is 1. The first-order valence-corrected chi connectivity index (χ1v) is 9.05. The Morgan fingerprint density at radius 1 is 1.08 bits per heavy atom. The molecule has 0 heterocycles. The number of hydrogen-bond donors (Lipinski definition) is 2. The van der Waals surface area contributed by atoms with Crippen LogP contribution in [-0.4, -0.2) is 19.9 Å². The van der Waals surface area contributed by atoms with Crippen LogP contribution in [0.4, 0.5) is 5.69 Å². The van der Waals surface area contributed by atoms with Crippen molar-refractivity contribution in [2.45, 2.75) is 31.2 Å². The van der Waals surface area contributed by atoms with E-state index in [9.17, 15) is 13.2 Å². The number of anilines is 1. The second kappa shape index (κ2) is 6.95. The second-order valence-corrected chi connectivity index (χ2v) is 8.21. The molecule has 0 aliphatic heterocycles. The van der Waals surface area contributed by atoms with Crippen LogP contribution in [0.15, 0.2) is 53.4 Å². The molecule has 1 amide bonds. The Labute approximate surface area is 147 Å². The highest BCUT2D eigenvalue weighted by atomic mass is 32.2. The van der Waals surface area contributed by atoms with Gasteiger partial charge in [-0.3, -0.25) is 9.52 Å². The number of hydrogen-bond acceptors (Lipinski definition) is 4. The van der Waals surface area contributed by atoms with E-state index in [2.05, 4.69) is 10.0 Å². The van der Waals surface area contributed by atoms with Crippen LogP contribution in [0.25, 0.3) is 0 Å². The molecule has 0 aliphatic rings. The van der Waals surface area contributed by atoms with Gasteiger partial charge in [0.05, 0.1) is 16.5 Å². The third-order valence-electron chi connectivity index (χ3n) is 3.16. The fourth-order valence-corrected chi connectivity index (χ4v) is 3.15. The number of benzene rings is 2. The Balaban J connectivity index is 2.18. The molecule has 0 spiro atoms. The lowest BCUT2D eigenvalue weighted by atomic mass is 10.1. The first kappa shape index (κ1) is 18.5. The van der Waals surface area contributed by atoms with Gasteiger partial charge < -0.3 is 5.32 Å². The Bertz CT molecular complexity index is 921. The minimum absolute atomic E-state index is 0.00102. The standard InChI is InChI=1S/C18H19N3O3S/c1-18(2,3)20-17(22)14-7-9-15(10-8-14)21-25(23,24)16-6-4-5-13(11-16)12-19/h4-11,21H,1-3H3,(H,20,22). The summed E-state index contributed by atoms with van der Waals surface area (Å²) in [5.74, 6) is -0.233. The molecule has 2 N–H and O–H groups in total. The van der Waals surface area contributed by atoms with Gasteiger partial charge in [-0.15, -0.1) is 0 Å². The molecule has 2 rings (SSSR count). The van der Waals surface area contributed by atoms with E-state index in [0.29, 0.717) is 11.3 Å². The highest BCUT2D eigenvalue weighted by Crippen LogP contribution is 2.18. The zero-order chi connectivity index (χ0) is 18.7. The van der Waals surface area contributed by atoms with Crippen molar-refractivity contribution in [2.24, 2.45) is 0 Å². The molecule has 25 heavy (non-hydrogen) atoms. The zero-order valence-corrected chi connectivity index (χ0v) is 15.0. The summed E-state index contributed by atoms with van der Waals surface area (Å²) in [5, 5.41) is 11.7. The highest BCUT2D eigenvalue weighted by molar-refractivity contribution is 7.92. The molecule has 2 aromatic rings. The Morgan fingerprint density at radius 2 is 1.72 bits per heavy atom. The molecule has 0 saturated carbocycles. The van der Waals surface area contributed by atoms with Crippen molar-refractivity contribution in [1.29, 1.82) is 5.26 Å². The van der Waals surface area contributed by atoms with Crippen LogP contribution in [-0.2, 0) is 10.0 Å². The summed E-state index contributed by atoms with van der Waals surface area (Å²) >= 11 is 0. The molecule has 0 aliphatic carbocycles. The lowest BCUT2D eigenvalue weighted by molar-refractivity contribution is 0.0919. The number of amides is 1. The van der Waals surface area contributed by atoms with E-state index in [-0.39, 0.29) is 21.9 Å². The average molecular weight is 357 g/mol. The van der Waals surface area contributed by atoms with Crippen LogP contribution in [0, 0.1) is 11.3 Å². The largest absolute Gasteiger partial charge is 0.347 e. The third-order valence-corrected chi connectivity index (χ3v) is 4.54. The summed E-state index contributed by atoms with van der Waals surface area (Å²) in [5.41, 5.74) is 0.666. The van der Waals surface area contributed by atoms with Crippen LogP contribution >= 0.6 is 0 Å². The van der Waals surface area contributed by atoms with E-state index in [0.717, 1.165) is 0 Å². The number of sulfonamides is 1. The predicted molar refractivity (Wildman–Crippen MR) is 95.6 cm³/mol. The van der Waals surface area contributed by atoms with E-state index in [1.165, 1.54) is 36.4 Å². The normalized spacial score (nSPS) is 11.4. The van der Waals surface area contributed by atoms with Gasteiger partial charge in [-0.1, -0.05) is 6.07 Å². The summed E-state index contributed by atoms with van der Waals surface area (Å²) in [7, 11) is -3.81. The number of carbonyl (C=O) groups is 1. The SMILES string of the molecule is CC(C)(C)NC(=O)c1ccc(NS(=O)(=O)c2cccc(C#N)c2)cc1. The van der Waals surface area contributed by atoms with Gasteiger partial charge in [-0.2, -0.15) is 5.26 Å². The minimum atomic E-state index is -3.81. The topological polar surface area (TPSA) is 99.1 Å². The van der Waals surface area contributed by atoms with E-state index in [1.54, 1.807) is 12.1 Å². The average Bonchev–Trinajstić information content (AvgIpc) is 2.53. The maximum Gasteiger partial charge on any atom is 0.261 e. The van der Waals surface area contributed by atoms with E-state index in [1.807, 2.05) is 26.8 Å². The molecule has 0 unspecified atom stereocenters. The second-order valence-electron chi connectivity index (χ2n) is 6.53. The molecular formula is C18H19N3O3S. The van der Waals surface area contributed by atoms with Gasteiger partial charge in [0.1, 0.15) is 0 Å². The van der Waals surface area contributed by atoms with Crippen LogP contribution < -0.4 is 10.0 Å². The maximum atomic E-state index is 12.4. The van der Waals surface area contributed by atoms with Gasteiger partial charge >= 0.3 is 0 Å².